The van der Waals surface area contributed by atoms with E-state index >= 15 is 0 Å². The topological polar surface area (TPSA) is 49.3 Å². The number of aromatic nitrogens is 2. The lowest BCUT2D eigenvalue weighted by molar-refractivity contribution is -0.134. The summed E-state index contributed by atoms with van der Waals surface area (Å²) in [5, 5.41) is 0. The van der Waals surface area contributed by atoms with Gasteiger partial charge in [-0.3, -0.25) is 19.7 Å². The summed E-state index contributed by atoms with van der Waals surface area (Å²) in [6.45, 7) is 2.93. The minimum Gasteiger partial charge on any atom is -0.341 e. The number of piperidine rings is 1. The van der Waals surface area contributed by atoms with Crippen molar-refractivity contribution in [1.29, 1.82) is 0 Å². The summed E-state index contributed by atoms with van der Waals surface area (Å²) in [6.07, 6.45) is 10.6. The maximum absolute atomic E-state index is 12.7. The standard InChI is InChI=1S/C20H26N4O/c1-23(14-19-6-3-9-22-13-19)16-20(25)24-10-4-7-18(15-24)11-17-5-2-8-21-12-17/h2-3,5-6,8-9,12-13,18H,4,7,10-11,14-16H2,1H3. The van der Waals surface area contributed by atoms with Gasteiger partial charge < -0.3 is 4.90 Å². The van der Waals surface area contributed by atoms with Gasteiger partial charge in [0.05, 0.1) is 6.54 Å². The Kier molecular flexibility index (Phi) is 6.12. The van der Waals surface area contributed by atoms with E-state index in [0.29, 0.717) is 12.5 Å². The summed E-state index contributed by atoms with van der Waals surface area (Å²) in [6, 6.07) is 8.07. The van der Waals surface area contributed by atoms with Crippen LogP contribution < -0.4 is 0 Å². The van der Waals surface area contributed by atoms with Crippen LogP contribution in [0.5, 0.6) is 0 Å². The van der Waals surface area contributed by atoms with Crippen molar-refractivity contribution < 1.29 is 4.79 Å². The number of hydrogen-bond acceptors (Lipinski definition) is 4. The molecule has 2 aromatic rings. The molecule has 0 N–H and O–H groups in total. The molecule has 5 heteroatoms. The summed E-state index contributed by atoms with van der Waals surface area (Å²) in [5.41, 5.74) is 2.39. The summed E-state index contributed by atoms with van der Waals surface area (Å²) in [4.78, 5) is 25.1. The predicted molar refractivity (Wildman–Crippen MR) is 97.8 cm³/mol. The molecule has 0 saturated carbocycles. The van der Waals surface area contributed by atoms with Crippen LogP contribution in [0.1, 0.15) is 24.0 Å². The monoisotopic (exact) mass is 338 g/mol. The number of likely N-dealkylation sites (N-methyl/N-ethyl adjacent to an activating group) is 1. The lowest BCUT2D eigenvalue weighted by Gasteiger charge is -2.34. The van der Waals surface area contributed by atoms with Gasteiger partial charge in [-0.15, -0.1) is 0 Å². The second kappa shape index (κ2) is 8.72. The smallest absolute Gasteiger partial charge is 0.236 e. The number of likely N-dealkylation sites (tertiary alicyclic amines) is 1. The van der Waals surface area contributed by atoms with Gasteiger partial charge in [-0.2, -0.15) is 0 Å². The highest BCUT2D eigenvalue weighted by molar-refractivity contribution is 5.78. The van der Waals surface area contributed by atoms with Crippen molar-refractivity contribution in [1.82, 2.24) is 19.8 Å². The van der Waals surface area contributed by atoms with E-state index in [1.54, 1.807) is 12.4 Å². The minimum absolute atomic E-state index is 0.224. The van der Waals surface area contributed by atoms with E-state index in [2.05, 4.69) is 20.9 Å². The fourth-order valence-corrected chi connectivity index (χ4v) is 3.50. The first-order valence-electron chi connectivity index (χ1n) is 8.95. The van der Waals surface area contributed by atoms with Gasteiger partial charge in [0.25, 0.3) is 0 Å². The number of carbonyl (C=O) groups is 1. The molecule has 0 spiro atoms. The average molecular weight is 338 g/mol. The van der Waals surface area contributed by atoms with Crippen molar-refractivity contribution in [2.75, 3.05) is 26.7 Å². The molecule has 1 saturated heterocycles. The maximum atomic E-state index is 12.7. The first kappa shape index (κ1) is 17.5. The Balaban J connectivity index is 1.49. The van der Waals surface area contributed by atoms with Crippen LogP contribution in [0.3, 0.4) is 0 Å². The van der Waals surface area contributed by atoms with Crippen LogP contribution in [-0.4, -0.2) is 52.4 Å². The zero-order valence-electron chi connectivity index (χ0n) is 14.8. The zero-order chi connectivity index (χ0) is 17.5. The second-order valence-corrected chi connectivity index (χ2v) is 6.95. The molecule has 0 bridgehead atoms. The van der Waals surface area contributed by atoms with Gasteiger partial charge in [0.2, 0.25) is 5.91 Å². The number of amides is 1. The molecule has 1 atom stereocenters. The normalized spacial score (nSPS) is 17.7. The fourth-order valence-electron chi connectivity index (χ4n) is 3.50. The number of nitrogens with zero attached hydrogens (tertiary/aromatic N) is 4. The van der Waals surface area contributed by atoms with Gasteiger partial charge in [0, 0.05) is 44.4 Å². The molecule has 1 aliphatic heterocycles. The largest absolute Gasteiger partial charge is 0.341 e. The van der Waals surface area contributed by atoms with Gasteiger partial charge >= 0.3 is 0 Å². The number of rotatable bonds is 6. The number of carbonyl (C=O) groups excluding carboxylic acids is 1. The van der Waals surface area contributed by atoms with E-state index in [9.17, 15) is 4.79 Å². The van der Waals surface area contributed by atoms with Crippen LogP contribution in [0.4, 0.5) is 0 Å². The molecule has 1 amide bonds. The average Bonchev–Trinajstić information content (AvgIpc) is 2.63. The zero-order valence-corrected chi connectivity index (χ0v) is 14.8. The van der Waals surface area contributed by atoms with Gasteiger partial charge in [0.15, 0.2) is 0 Å². The molecule has 1 unspecified atom stereocenters. The van der Waals surface area contributed by atoms with Crippen LogP contribution in [0.2, 0.25) is 0 Å². The van der Waals surface area contributed by atoms with Crippen molar-refractivity contribution in [3.05, 3.63) is 60.2 Å². The van der Waals surface area contributed by atoms with Crippen LogP contribution in [0, 0.1) is 5.92 Å². The second-order valence-electron chi connectivity index (χ2n) is 6.95. The van der Waals surface area contributed by atoms with E-state index in [1.165, 1.54) is 12.0 Å². The molecule has 1 aliphatic rings. The molecular weight excluding hydrogens is 312 g/mol. The molecule has 3 rings (SSSR count). The summed E-state index contributed by atoms with van der Waals surface area (Å²) >= 11 is 0. The Labute approximate surface area is 149 Å². The van der Waals surface area contributed by atoms with Gasteiger partial charge in [0.1, 0.15) is 0 Å². The van der Waals surface area contributed by atoms with Gasteiger partial charge in [-0.1, -0.05) is 12.1 Å². The highest BCUT2D eigenvalue weighted by atomic mass is 16.2. The van der Waals surface area contributed by atoms with E-state index < -0.39 is 0 Å². The van der Waals surface area contributed by atoms with Crippen molar-refractivity contribution in [2.45, 2.75) is 25.8 Å². The van der Waals surface area contributed by atoms with Crippen LogP contribution in [0.15, 0.2) is 49.1 Å². The number of pyridine rings is 2. The summed E-state index contributed by atoms with van der Waals surface area (Å²) in [7, 11) is 1.99. The van der Waals surface area contributed by atoms with E-state index in [-0.39, 0.29) is 5.91 Å². The first-order valence-corrected chi connectivity index (χ1v) is 8.95. The Morgan fingerprint density at radius 3 is 2.60 bits per heavy atom. The summed E-state index contributed by atoms with van der Waals surface area (Å²) < 4.78 is 0. The Hall–Kier alpha value is -2.27. The molecule has 3 heterocycles. The highest BCUT2D eigenvalue weighted by Gasteiger charge is 2.24. The van der Waals surface area contributed by atoms with E-state index in [4.69, 9.17) is 0 Å². The predicted octanol–water partition coefficient (Wildman–Crippen LogP) is 2.39. The third-order valence-electron chi connectivity index (χ3n) is 4.70. The Morgan fingerprint density at radius 1 is 1.20 bits per heavy atom. The lowest BCUT2D eigenvalue weighted by Crippen LogP contribution is -2.44. The van der Waals surface area contributed by atoms with Crippen molar-refractivity contribution in [3.8, 4) is 0 Å². The van der Waals surface area contributed by atoms with Gasteiger partial charge in [-0.25, -0.2) is 0 Å². The fraction of sp³-hybridized carbons (Fsp3) is 0.450. The van der Waals surface area contributed by atoms with Crippen LogP contribution >= 0.6 is 0 Å². The van der Waals surface area contributed by atoms with E-state index in [0.717, 1.165) is 38.0 Å². The van der Waals surface area contributed by atoms with Gasteiger partial charge in [-0.05, 0) is 55.5 Å². The van der Waals surface area contributed by atoms with Crippen molar-refractivity contribution >= 4 is 5.91 Å². The summed E-state index contributed by atoms with van der Waals surface area (Å²) in [5.74, 6) is 0.757. The first-order chi connectivity index (χ1) is 12.2. The molecule has 2 aromatic heterocycles. The highest BCUT2D eigenvalue weighted by Crippen LogP contribution is 2.20. The molecule has 5 nitrogen and oxygen atoms in total. The van der Waals surface area contributed by atoms with Crippen LogP contribution in [-0.2, 0) is 17.8 Å². The van der Waals surface area contributed by atoms with Crippen molar-refractivity contribution in [2.24, 2.45) is 5.92 Å². The molecule has 132 valence electrons. The SMILES string of the molecule is CN(CC(=O)N1CCCC(Cc2cccnc2)C1)Cc1cccnc1. The molecule has 25 heavy (non-hydrogen) atoms. The third-order valence-corrected chi connectivity index (χ3v) is 4.70. The molecular formula is C20H26N4O. The Morgan fingerprint density at radius 2 is 1.92 bits per heavy atom. The Bertz CT molecular complexity index is 662. The molecule has 0 aromatic carbocycles. The third kappa shape index (κ3) is 5.36. The van der Waals surface area contributed by atoms with Crippen LogP contribution in [0.25, 0.3) is 0 Å². The lowest BCUT2D eigenvalue weighted by atomic mass is 9.92. The maximum Gasteiger partial charge on any atom is 0.236 e. The molecule has 0 radical (unpaired) electrons. The molecule has 1 fully saturated rings. The van der Waals surface area contributed by atoms with E-state index in [1.807, 2.05) is 42.5 Å². The number of hydrogen-bond donors (Lipinski definition) is 0. The minimum atomic E-state index is 0.224. The molecule has 0 aliphatic carbocycles. The van der Waals surface area contributed by atoms with Crippen molar-refractivity contribution in [3.63, 3.8) is 0 Å². The quantitative estimate of drug-likeness (QED) is 0.811.